The minimum Gasteiger partial charge on any atom is -0.388 e. The summed E-state index contributed by atoms with van der Waals surface area (Å²) in [6, 6.07) is 5.69. The molecule has 1 fully saturated rings. The van der Waals surface area contributed by atoms with Crippen LogP contribution in [0.1, 0.15) is 37.4 Å². The number of aliphatic hydroxyl groups is 1. The molecule has 3 unspecified atom stereocenters. The van der Waals surface area contributed by atoms with E-state index in [1.807, 2.05) is 18.2 Å². The zero-order chi connectivity index (χ0) is 14.9. The number of sulfone groups is 1. The summed E-state index contributed by atoms with van der Waals surface area (Å²) in [6.07, 6.45) is 3.66. The molecule has 1 aromatic carbocycles. The van der Waals surface area contributed by atoms with Crippen LogP contribution in [0.4, 0.5) is 0 Å². The van der Waals surface area contributed by atoms with Gasteiger partial charge in [0.25, 0.3) is 0 Å². The molecule has 1 aromatic rings. The van der Waals surface area contributed by atoms with E-state index in [4.69, 9.17) is 0 Å². The summed E-state index contributed by atoms with van der Waals surface area (Å²) in [6.45, 7) is 0. The van der Waals surface area contributed by atoms with Gasteiger partial charge in [-0.15, -0.1) is 0 Å². The summed E-state index contributed by atoms with van der Waals surface area (Å²) in [7, 11) is -3.02. The predicted octanol–water partition coefficient (Wildman–Crippen LogP) is 3.85. The quantitative estimate of drug-likeness (QED) is 0.799. The molecule has 20 heavy (non-hydrogen) atoms. The smallest absolute Gasteiger partial charge is 0.150 e. The van der Waals surface area contributed by atoms with Crippen molar-refractivity contribution in [3.8, 4) is 0 Å². The summed E-state index contributed by atoms with van der Waals surface area (Å²) in [5.41, 5.74) is 0.824. The maximum Gasteiger partial charge on any atom is 0.150 e. The number of halogens is 2. The van der Waals surface area contributed by atoms with E-state index in [0.717, 1.165) is 27.4 Å². The van der Waals surface area contributed by atoms with Crippen molar-refractivity contribution in [2.45, 2.75) is 37.0 Å². The molecule has 0 saturated heterocycles. The number of rotatable bonds is 3. The SMILES string of the molecule is CS(=O)(=O)C1CCCC(C(O)c2cc(Br)cc(Br)c2)C1. The summed E-state index contributed by atoms with van der Waals surface area (Å²) in [5, 5.41) is 10.2. The average Bonchev–Trinajstić information content (AvgIpc) is 2.36. The summed E-state index contributed by atoms with van der Waals surface area (Å²) in [4.78, 5) is 0. The highest BCUT2D eigenvalue weighted by molar-refractivity contribution is 9.11. The van der Waals surface area contributed by atoms with E-state index >= 15 is 0 Å². The molecule has 0 bridgehead atoms. The van der Waals surface area contributed by atoms with Gasteiger partial charge in [-0.1, -0.05) is 38.3 Å². The lowest BCUT2D eigenvalue weighted by Gasteiger charge is -2.31. The molecule has 3 nitrogen and oxygen atoms in total. The Morgan fingerprint density at radius 2 is 1.80 bits per heavy atom. The predicted molar refractivity (Wildman–Crippen MR) is 87.4 cm³/mol. The first kappa shape index (κ1) is 16.5. The lowest BCUT2D eigenvalue weighted by atomic mass is 9.82. The molecular weight excluding hydrogens is 408 g/mol. The lowest BCUT2D eigenvalue weighted by Crippen LogP contribution is -2.30. The molecule has 0 aliphatic heterocycles. The molecule has 0 radical (unpaired) electrons. The van der Waals surface area contributed by atoms with Crippen LogP contribution in [0, 0.1) is 5.92 Å². The van der Waals surface area contributed by atoms with E-state index < -0.39 is 15.9 Å². The van der Waals surface area contributed by atoms with Gasteiger partial charge in [-0.05, 0) is 48.9 Å². The zero-order valence-electron chi connectivity index (χ0n) is 11.2. The van der Waals surface area contributed by atoms with Crippen molar-refractivity contribution in [1.82, 2.24) is 0 Å². The Morgan fingerprint density at radius 3 is 2.35 bits per heavy atom. The second-order valence-electron chi connectivity index (χ2n) is 5.53. The van der Waals surface area contributed by atoms with E-state index in [1.54, 1.807) is 0 Å². The molecule has 1 aliphatic carbocycles. The van der Waals surface area contributed by atoms with Crippen molar-refractivity contribution in [3.05, 3.63) is 32.7 Å². The lowest BCUT2D eigenvalue weighted by molar-refractivity contribution is 0.0856. The molecule has 1 N–H and O–H groups in total. The number of aliphatic hydroxyl groups excluding tert-OH is 1. The zero-order valence-corrected chi connectivity index (χ0v) is 15.2. The van der Waals surface area contributed by atoms with E-state index in [2.05, 4.69) is 31.9 Å². The van der Waals surface area contributed by atoms with Crippen LogP contribution in [0.2, 0.25) is 0 Å². The van der Waals surface area contributed by atoms with Gasteiger partial charge in [0.05, 0.1) is 11.4 Å². The van der Waals surface area contributed by atoms with Gasteiger partial charge in [0.15, 0.2) is 0 Å². The molecule has 112 valence electrons. The van der Waals surface area contributed by atoms with E-state index in [-0.39, 0.29) is 11.2 Å². The second-order valence-corrected chi connectivity index (χ2v) is 9.68. The van der Waals surface area contributed by atoms with Crippen molar-refractivity contribution in [2.24, 2.45) is 5.92 Å². The van der Waals surface area contributed by atoms with Gasteiger partial charge >= 0.3 is 0 Å². The average molecular weight is 426 g/mol. The van der Waals surface area contributed by atoms with Crippen LogP contribution in [0.3, 0.4) is 0 Å². The third kappa shape index (κ3) is 4.06. The molecule has 0 aromatic heterocycles. The molecular formula is C14H18Br2O3S. The highest BCUT2D eigenvalue weighted by Crippen LogP contribution is 2.38. The molecule has 0 spiro atoms. The van der Waals surface area contributed by atoms with Crippen LogP contribution >= 0.6 is 31.9 Å². The highest BCUT2D eigenvalue weighted by atomic mass is 79.9. The Morgan fingerprint density at radius 1 is 1.20 bits per heavy atom. The van der Waals surface area contributed by atoms with Crippen LogP contribution in [-0.2, 0) is 9.84 Å². The van der Waals surface area contributed by atoms with E-state index in [1.165, 1.54) is 6.26 Å². The van der Waals surface area contributed by atoms with Gasteiger partial charge in [-0.3, -0.25) is 0 Å². The standard InChI is InChI=1S/C14H18Br2O3S/c1-20(18,19)13-4-2-3-9(7-13)14(17)10-5-11(15)8-12(16)6-10/h5-6,8-9,13-14,17H,2-4,7H2,1H3. The number of benzene rings is 1. The molecule has 2 rings (SSSR count). The van der Waals surface area contributed by atoms with Crippen molar-refractivity contribution < 1.29 is 13.5 Å². The largest absolute Gasteiger partial charge is 0.388 e. The first-order chi connectivity index (χ1) is 9.27. The number of hydrogen-bond donors (Lipinski definition) is 1. The number of hydrogen-bond acceptors (Lipinski definition) is 3. The first-order valence-electron chi connectivity index (χ1n) is 6.60. The fourth-order valence-electron chi connectivity index (χ4n) is 2.87. The summed E-state index contributed by atoms with van der Waals surface area (Å²) >= 11 is 6.82. The van der Waals surface area contributed by atoms with Crippen LogP contribution in [0.15, 0.2) is 27.1 Å². The fraction of sp³-hybridized carbons (Fsp3) is 0.571. The molecule has 3 atom stereocenters. The molecule has 1 saturated carbocycles. The Hall–Kier alpha value is 0.0900. The van der Waals surface area contributed by atoms with Gasteiger partial charge in [0.2, 0.25) is 0 Å². The fourth-order valence-corrected chi connectivity index (χ4v) is 5.40. The van der Waals surface area contributed by atoms with Gasteiger partial charge < -0.3 is 5.11 Å². The minimum absolute atomic E-state index is 0.00433. The van der Waals surface area contributed by atoms with Gasteiger partial charge in [0, 0.05) is 15.2 Å². The maximum atomic E-state index is 11.7. The van der Waals surface area contributed by atoms with Crippen molar-refractivity contribution in [1.29, 1.82) is 0 Å². The molecule has 0 amide bonds. The maximum absolute atomic E-state index is 11.7. The van der Waals surface area contributed by atoms with Gasteiger partial charge in [-0.2, -0.15) is 0 Å². The van der Waals surface area contributed by atoms with E-state index in [0.29, 0.717) is 12.8 Å². The van der Waals surface area contributed by atoms with Crippen LogP contribution in [0.25, 0.3) is 0 Å². The molecule has 1 aliphatic rings. The Kier molecular flexibility index (Phi) is 5.32. The van der Waals surface area contributed by atoms with Crippen molar-refractivity contribution in [2.75, 3.05) is 6.26 Å². The van der Waals surface area contributed by atoms with Gasteiger partial charge in [0.1, 0.15) is 9.84 Å². The second kappa shape index (κ2) is 6.46. The van der Waals surface area contributed by atoms with Crippen LogP contribution in [-0.4, -0.2) is 25.0 Å². The van der Waals surface area contributed by atoms with Crippen LogP contribution < -0.4 is 0 Å². The Balaban J connectivity index is 2.18. The van der Waals surface area contributed by atoms with E-state index in [9.17, 15) is 13.5 Å². The first-order valence-corrected chi connectivity index (χ1v) is 10.1. The topological polar surface area (TPSA) is 54.4 Å². The monoisotopic (exact) mass is 424 g/mol. The molecule has 6 heteroatoms. The van der Waals surface area contributed by atoms with Crippen LogP contribution in [0.5, 0.6) is 0 Å². The minimum atomic E-state index is -3.02. The highest BCUT2D eigenvalue weighted by Gasteiger charge is 2.33. The van der Waals surface area contributed by atoms with Gasteiger partial charge in [-0.25, -0.2) is 8.42 Å². The Bertz CT molecular complexity index is 566. The molecule has 0 heterocycles. The summed E-state index contributed by atoms with van der Waals surface area (Å²) < 4.78 is 25.2. The van der Waals surface area contributed by atoms with Crippen molar-refractivity contribution >= 4 is 41.7 Å². The van der Waals surface area contributed by atoms with Crippen molar-refractivity contribution in [3.63, 3.8) is 0 Å². The third-order valence-electron chi connectivity index (χ3n) is 3.95. The third-order valence-corrected chi connectivity index (χ3v) is 6.50. The normalized spacial score (nSPS) is 25.4. The Labute approximate surface area is 136 Å². The summed E-state index contributed by atoms with van der Waals surface area (Å²) in [5.74, 6) is 0.00433.